The second-order valence-electron chi connectivity index (χ2n) is 7.26. The number of aromatic amines is 1. The first-order valence-corrected chi connectivity index (χ1v) is 9.69. The van der Waals surface area contributed by atoms with Crippen LogP contribution in [0.4, 0.5) is 5.82 Å². The first-order chi connectivity index (χ1) is 14.1. The molecule has 1 saturated heterocycles. The Morgan fingerprint density at radius 1 is 1.38 bits per heavy atom. The number of allylic oxidation sites excluding steroid dienone is 1. The van der Waals surface area contributed by atoms with Crippen molar-refractivity contribution >= 4 is 22.6 Å². The minimum Gasteiger partial charge on any atom is -0.357 e. The van der Waals surface area contributed by atoms with E-state index in [1.807, 2.05) is 18.0 Å². The molecule has 1 aliphatic heterocycles. The van der Waals surface area contributed by atoms with Crippen LogP contribution in [0.25, 0.3) is 10.9 Å². The lowest BCUT2D eigenvalue weighted by atomic mass is 10.0. The van der Waals surface area contributed by atoms with Crippen LogP contribution < -0.4 is 10.5 Å². The maximum atomic E-state index is 13.3. The van der Waals surface area contributed by atoms with Gasteiger partial charge in [0.25, 0.3) is 11.5 Å². The molecule has 0 bridgehead atoms. The second kappa shape index (κ2) is 7.90. The van der Waals surface area contributed by atoms with Gasteiger partial charge in [-0.25, -0.2) is 9.97 Å². The van der Waals surface area contributed by atoms with E-state index in [0.29, 0.717) is 23.0 Å². The predicted molar refractivity (Wildman–Crippen MR) is 112 cm³/mol. The lowest BCUT2D eigenvalue weighted by Gasteiger charge is -2.37. The number of piperidine rings is 1. The minimum absolute atomic E-state index is 0.0760. The number of anilines is 1. The van der Waals surface area contributed by atoms with E-state index in [1.165, 1.54) is 4.57 Å². The molecule has 0 spiro atoms. The van der Waals surface area contributed by atoms with Crippen molar-refractivity contribution < 1.29 is 4.79 Å². The van der Waals surface area contributed by atoms with E-state index in [-0.39, 0.29) is 17.5 Å². The van der Waals surface area contributed by atoms with E-state index in [0.717, 1.165) is 31.7 Å². The number of aromatic nitrogens is 4. The molecule has 1 aliphatic rings. The van der Waals surface area contributed by atoms with Crippen LogP contribution in [0.2, 0.25) is 0 Å². The molecule has 3 aromatic rings. The van der Waals surface area contributed by atoms with Gasteiger partial charge in [-0.2, -0.15) is 0 Å². The van der Waals surface area contributed by atoms with E-state index in [9.17, 15) is 9.59 Å². The molecule has 1 amide bonds. The zero-order chi connectivity index (χ0) is 20.4. The Kier molecular flexibility index (Phi) is 5.16. The third-order valence-corrected chi connectivity index (χ3v) is 5.58. The van der Waals surface area contributed by atoms with Crippen LogP contribution in [-0.4, -0.2) is 56.5 Å². The summed E-state index contributed by atoms with van der Waals surface area (Å²) in [7, 11) is 1.84. The highest BCUT2D eigenvalue weighted by Crippen LogP contribution is 2.23. The van der Waals surface area contributed by atoms with Crippen LogP contribution in [0, 0.1) is 0 Å². The van der Waals surface area contributed by atoms with Gasteiger partial charge in [-0.1, -0.05) is 6.08 Å². The minimum atomic E-state index is -0.151. The predicted octanol–water partition coefficient (Wildman–Crippen LogP) is 2.05. The van der Waals surface area contributed by atoms with Gasteiger partial charge >= 0.3 is 0 Å². The van der Waals surface area contributed by atoms with Crippen molar-refractivity contribution in [3.63, 3.8) is 0 Å². The van der Waals surface area contributed by atoms with E-state index in [1.54, 1.807) is 37.1 Å². The standard InChI is InChI=1S/C21H24N6O2/c1-3-10-27-13-17(16-4-9-23-19(16)21(27)29)20(28)25(2)15-6-11-26(12-7-15)18-5-8-22-14-24-18/h3-5,8-9,13-15,23H,1,6-7,10-12H2,2H3. The number of fused-ring (bicyclic) bond motifs is 1. The zero-order valence-corrected chi connectivity index (χ0v) is 16.4. The molecule has 1 fully saturated rings. The van der Waals surface area contributed by atoms with Crippen molar-refractivity contribution in [3.8, 4) is 0 Å². The Balaban J connectivity index is 1.54. The molecule has 29 heavy (non-hydrogen) atoms. The molecule has 0 aliphatic carbocycles. The maximum absolute atomic E-state index is 13.3. The van der Waals surface area contributed by atoms with Crippen LogP contribution >= 0.6 is 0 Å². The van der Waals surface area contributed by atoms with Crippen molar-refractivity contribution in [2.24, 2.45) is 0 Å². The number of amides is 1. The number of nitrogens with zero attached hydrogens (tertiary/aromatic N) is 5. The molecule has 0 radical (unpaired) electrons. The number of nitrogens with one attached hydrogen (secondary N) is 1. The smallest absolute Gasteiger partial charge is 0.275 e. The Morgan fingerprint density at radius 3 is 2.86 bits per heavy atom. The SMILES string of the molecule is C=CCn1cc(C(=O)N(C)C2CCN(c3ccncn3)CC2)c2cc[nH]c2c1=O. The molecule has 8 nitrogen and oxygen atoms in total. The normalized spacial score (nSPS) is 14.9. The third kappa shape index (κ3) is 3.53. The van der Waals surface area contributed by atoms with Gasteiger partial charge in [-0.15, -0.1) is 6.58 Å². The number of carbonyl (C=O) groups is 1. The van der Waals surface area contributed by atoms with Crippen molar-refractivity contribution in [2.75, 3.05) is 25.0 Å². The van der Waals surface area contributed by atoms with Crippen LogP contribution in [0.1, 0.15) is 23.2 Å². The monoisotopic (exact) mass is 392 g/mol. The van der Waals surface area contributed by atoms with Gasteiger partial charge in [0, 0.05) is 56.7 Å². The van der Waals surface area contributed by atoms with Gasteiger partial charge in [0.2, 0.25) is 0 Å². The molecule has 0 aromatic carbocycles. The summed E-state index contributed by atoms with van der Waals surface area (Å²) in [6.45, 7) is 5.71. The summed E-state index contributed by atoms with van der Waals surface area (Å²) < 4.78 is 1.52. The van der Waals surface area contributed by atoms with E-state index >= 15 is 0 Å². The van der Waals surface area contributed by atoms with Crippen LogP contribution in [0.15, 0.2) is 54.5 Å². The van der Waals surface area contributed by atoms with Gasteiger partial charge in [0.15, 0.2) is 0 Å². The number of hydrogen-bond donors (Lipinski definition) is 1. The van der Waals surface area contributed by atoms with Crippen molar-refractivity contribution in [2.45, 2.75) is 25.4 Å². The van der Waals surface area contributed by atoms with Crippen LogP contribution in [-0.2, 0) is 6.54 Å². The topological polar surface area (TPSA) is 87.1 Å². The summed E-state index contributed by atoms with van der Waals surface area (Å²) in [6.07, 6.45) is 10.00. The molecule has 8 heteroatoms. The molecule has 1 N–H and O–H groups in total. The first-order valence-electron chi connectivity index (χ1n) is 9.69. The summed E-state index contributed by atoms with van der Waals surface area (Å²) >= 11 is 0. The quantitative estimate of drug-likeness (QED) is 0.672. The summed E-state index contributed by atoms with van der Waals surface area (Å²) in [6, 6.07) is 3.82. The number of pyridine rings is 1. The fourth-order valence-corrected chi connectivity index (χ4v) is 3.95. The third-order valence-electron chi connectivity index (χ3n) is 5.58. The molecule has 0 unspecified atom stereocenters. The maximum Gasteiger partial charge on any atom is 0.275 e. The molecular weight excluding hydrogens is 368 g/mol. The lowest BCUT2D eigenvalue weighted by Crippen LogP contribution is -2.46. The molecular formula is C21H24N6O2. The van der Waals surface area contributed by atoms with Gasteiger partial charge in [-0.3, -0.25) is 9.59 Å². The molecule has 4 rings (SSSR count). The fourth-order valence-electron chi connectivity index (χ4n) is 3.95. The van der Waals surface area contributed by atoms with E-state index in [4.69, 9.17) is 0 Å². The van der Waals surface area contributed by atoms with Gasteiger partial charge < -0.3 is 19.4 Å². The summed E-state index contributed by atoms with van der Waals surface area (Å²) in [5, 5.41) is 0.658. The van der Waals surface area contributed by atoms with Crippen LogP contribution in [0.5, 0.6) is 0 Å². The molecule has 3 aromatic heterocycles. The van der Waals surface area contributed by atoms with Crippen LogP contribution in [0.3, 0.4) is 0 Å². The number of hydrogen-bond acceptors (Lipinski definition) is 5. The Morgan fingerprint density at radius 2 is 2.17 bits per heavy atom. The molecule has 4 heterocycles. The lowest BCUT2D eigenvalue weighted by molar-refractivity contribution is 0.0710. The highest BCUT2D eigenvalue weighted by molar-refractivity contribution is 6.05. The number of H-pyrrole nitrogens is 1. The first kappa shape index (κ1) is 18.9. The highest BCUT2D eigenvalue weighted by atomic mass is 16.2. The summed E-state index contributed by atoms with van der Waals surface area (Å²) in [4.78, 5) is 41.1. The Bertz CT molecular complexity index is 1080. The average Bonchev–Trinajstić information content (AvgIpc) is 3.26. The Labute approximate surface area is 168 Å². The fraction of sp³-hybridized carbons (Fsp3) is 0.333. The largest absolute Gasteiger partial charge is 0.357 e. The van der Waals surface area contributed by atoms with E-state index in [2.05, 4.69) is 26.4 Å². The average molecular weight is 392 g/mol. The molecule has 150 valence electrons. The van der Waals surface area contributed by atoms with Crippen molar-refractivity contribution in [1.82, 2.24) is 24.4 Å². The molecule has 0 saturated carbocycles. The molecule has 0 atom stereocenters. The number of carbonyl (C=O) groups excluding carboxylic acids is 1. The van der Waals surface area contributed by atoms with Crippen molar-refractivity contribution in [3.05, 3.63) is 65.6 Å². The Hall–Kier alpha value is -3.42. The number of rotatable bonds is 5. The van der Waals surface area contributed by atoms with Gasteiger partial charge in [0.1, 0.15) is 17.7 Å². The summed E-state index contributed by atoms with van der Waals surface area (Å²) in [5.41, 5.74) is 0.829. The zero-order valence-electron chi connectivity index (χ0n) is 16.4. The van der Waals surface area contributed by atoms with Gasteiger partial charge in [0.05, 0.1) is 5.56 Å². The highest BCUT2D eigenvalue weighted by Gasteiger charge is 2.28. The van der Waals surface area contributed by atoms with E-state index < -0.39 is 0 Å². The summed E-state index contributed by atoms with van der Waals surface area (Å²) in [5.74, 6) is 0.839. The second-order valence-corrected chi connectivity index (χ2v) is 7.26. The van der Waals surface area contributed by atoms with Gasteiger partial charge in [-0.05, 0) is 25.0 Å². The van der Waals surface area contributed by atoms with Crippen molar-refractivity contribution in [1.29, 1.82) is 0 Å².